The molecule has 0 aliphatic carbocycles. The Hall–Kier alpha value is -2.17. The van der Waals surface area contributed by atoms with Crippen LogP contribution in [0.1, 0.15) is 29.8 Å². The third-order valence-corrected chi connectivity index (χ3v) is 4.39. The Morgan fingerprint density at radius 1 is 1.13 bits per heavy atom. The topological polar surface area (TPSA) is 34.1 Å². The van der Waals surface area contributed by atoms with Crippen molar-refractivity contribution < 1.29 is 4.74 Å². The lowest BCUT2D eigenvalue weighted by atomic mass is 10.1. The molecule has 1 aromatic carbocycles. The molecule has 0 spiro atoms. The van der Waals surface area contributed by atoms with Crippen LogP contribution in [0.2, 0.25) is 0 Å². The largest absolute Gasteiger partial charge is 0.487 e. The van der Waals surface area contributed by atoms with Crippen LogP contribution in [0.15, 0.2) is 65.5 Å². The summed E-state index contributed by atoms with van der Waals surface area (Å²) in [4.78, 5) is 4.25. The number of nitrogens with zero attached hydrogens (tertiary/aromatic N) is 1. The molecule has 1 atom stereocenters. The molecule has 0 saturated heterocycles. The van der Waals surface area contributed by atoms with E-state index in [0.717, 1.165) is 18.0 Å². The molecule has 0 saturated carbocycles. The number of ether oxygens (including phenoxy) is 1. The van der Waals surface area contributed by atoms with Gasteiger partial charge in [0.05, 0.1) is 5.69 Å². The molecule has 0 bridgehead atoms. The molecule has 2 aromatic heterocycles. The van der Waals surface area contributed by atoms with Crippen molar-refractivity contribution in [3.63, 3.8) is 0 Å². The molecule has 118 valence electrons. The number of hydrogen-bond acceptors (Lipinski definition) is 4. The monoisotopic (exact) mass is 324 g/mol. The number of thiophene rings is 1. The summed E-state index contributed by atoms with van der Waals surface area (Å²) in [6.07, 6.45) is 1.78. The van der Waals surface area contributed by atoms with Gasteiger partial charge >= 0.3 is 0 Å². The maximum Gasteiger partial charge on any atom is 0.130 e. The van der Waals surface area contributed by atoms with Crippen LogP contribution in [-0.4, -0.2) is 4.98 Å². The molecule has 0 unspecified atom stereocenters. The highest BCUT2D eigenvalue weighted by Gasteiger charge is 2.05. The zero-order valence-electron chi connectivity index (χ0n) is 13.1. The summed E-state index contributed by atoms with van der Waals surface area (Å²) in [6.45, 7) is 3.53. The highest BCUT2D eigenvalue weighted by atomic mass is 32.1. The Morgan fingerprint density at radius 2 is 2.00 bits per heavy atom. The number of nitrogens with one attached hydrogen (secondary N) is 1. The Bertz CT molecular complexity index is 696. The predicted octanol–water partition coefficient (Wildman–Crippen LogP) is 4.57. The van der Waals surface area contributed by atoms with Gasteiger partial charge in [-0.1, -0.05) is 18.2 Å². The summed E-state index contributed by atoms with van der Waals surface area (Å²) in [5.74, 6) is 0.866. The van der Waals surface area contributed by atoms with Gasteiger partial charge in [0.15, 0.2) is 0 Å². The van der Waals surface area contributed by atoms with E-state index in [1.165, 1.54) is 11.1 Å². The van der Waals surface area contributed by atoms with Crippen LogP contribution in [0.4, 0.5) is 0 Å². The van der Waals surface area contributed by atoms with Crippen LogP contribution in [0.3, 0.4) is 0 Å². The normalized spacial score (nSPS) is 12.0. The van der Waals surface area contributed by atoms with Gasteiger partial charge in [0, 0.05) is 18.8 Å². The Balaban J connectivity index is 1.49. The van der Waals surface area contributed by atoms with Gasteiger partial charge in [-0.2, -0.15) is 11.3 Å². The minimum Gasteiger partial charge on any atom is -0.487 e. The van der Waals surface area contributed by atoms with Crippen LogP contribution in [0, 0.1) is 0 Å². The lowest BCUT2D eigenvalue weighted by Crippen LogP contribution is -2.17. The van der Waals surface area contributed by atoms with Gasteiger partial charge in [-0.3, -0.25) is 4.98 Å². The lowest BCUT2D eigenvalue weighted by Gasteiger charge is -2.13. The third kappa shape index (κ3) is 4.65. The summed E-state index contributed by atoms with van der Waals surface area (Å²) >= 11 is 1.73. The molecule has 0 amide bonds. The first kappa shape index (κ1) is 15.7. The quantitative estimate of drug-likeness (QED) is 0.691. The summed E-state index contributed by atoms with van der Waals surface area (Å²) in [7, 11) is 0. The van der Waals surface area contributed by atoms with Crippen molar-refractivity contribution >= 4 is 11.3 Å². The van der Waals surface area contributed by atoms with E-state index in [2.05, 4.69) is 46.2 Å². The molecular formula is C19H20N2OS. The molecule has 0 aliphatic heterocycles. The lowest BCUT2D eigenvalue weighted by molar-refractivity contribution is 0.301. The summed E-state index contributed by atoms with van der Waals surface area (Å²) in [5, 5.41) is 7.83. The van der Waals surface area contributed by atoms with Gasteiger partial charge in [0.25, 0.3) is 0 Å². The molecular weight excluding hydrogens is 304 g/mol. The second-order valence-corrected chi connectivity index (χ2v) is 6.19. The fourth-order valence-corrected chi connectivity index (χ4v) is 3.01. The van der Waals surface area contributed by atoms with Crippen molar-refractivity contribution in [1.29, 1.82) is 0 Å². The number of rotatable bonds is 7. The average Bonchev–Trinajstić information content (AvgIpc) is 3.14. The molecule has 0 aliphatic rings. The highest BCUT2D eigenvalue weighted by molar-refractivity contribution is 7.07. The van der Waals surface area contributed by atoms with E-state index in [1.807, 2.05) is 30.3 Å². The van der Waals surface area contributed by atoms with Gasteiger partial charge in [0.2, 0.25) is 0 Å². The van der Waals surface area contributed by atoms with Gasteiger partial charge in [-0.05, 0) is 59.1 Å². The Kier molecular flexibility index (Phi) is 5.40. The summed E-state index contributed by atoms with van der Waals surface area (Å²) in [6, 6.07) is 16.6. The Labute approximate surface area is 141 Å². The van der Waals surface area contributed by atoms with E-state index in [-0.39, 0.29) is 0 Å². The van der Waals surface area contributed by atoms with Crippen LogP contribution in [-0.2, 0) is 13.2 Å². The number of pyridine rings is 1. The minimum absolute atomic E-state index is 0.362. The first-order chi connectivity index (χ1) is 11.3. The van der Waals surface area contributed by atoms with E-state index < -0.39 is 0 Å². The molecule has 0 radical (unpaired) electrons. The van der Waals surface area contributed by atoms with Gasteiger partial charge in [-0.15, -0.1) is 0 Å². The van der Waals surface area contributed by atoms with E-state index in [4.69, 9.17) is 4.74 Å². The van der Waals surface area contributed by atoms with Crippen molar-refractivity contribution in [2.75, 3.05) is 0 Å². The number of benzene rings is 1. The van der Waals surface area contributed by atoms with Crippen molar-refractivity contribution in [1.82, 2.24) is 10.3 Å². The molecule has 3 aromatic rings. The SMILES string of the molecule is C[C@@H](NCc1ccc(OCc2ccccn2)cc1)c1ccsc1. The van der Waals surface area contributed by atoms with Crippen LogP contribution >= 0.6 is 11.3 Å². The molecule has 2 heterocycles. The third-order valence-electron chi connectivity index (χ3n) is 3.69. The molecule has 23 heavy (non-hydrogen) atoms. The second-order valence-electron chi connectivity index (χ2n) is 5.41. The van der Waals surface area contributed by atoms with Crippen molar-refractivity contribution in [3.8, 4) is 5.75 Å². The highest BCUT2D eigenvalue weighted by Crippen LogP contribution is 2.17. The van der Waals surface area contributed by atoms with E-state index in [1.54, 1.807) is 17.5 Å². The molecule has 0 fully saturated rings. The maximum absolute atomic E-state index is 5.75. The fourth-order valence-electron chi connectivity index (χ4n) is 2.25. The maximum atomic E-state index is 5.75. The predicted molar refractivity (Wildman–Crippen MR) is 94.6 cm³/mol. The second kappa shape index (κ2) is 7.90. The van der Waals surface area contributed by atoms with E-state index >= 15 is 0 Å². The fraction of sp³-hybridized carbons (Fsp3) is 0.211. The molecule has 1 N–H and O–H groups in total. The minimum atomic E-state index is 0.362. The van der Waals surface area contributed by atoms with E-state index in [9.17, 15) is 0 Å². The van der Waals surface area contributed by atoms with Gasteiger partial charge in [-0.25, -0.2) is 0 Å². The van der Waals surface area contributed by atoms with Crippen LogP contribution < -0.4 is 10.1 Å². The molecule has 4 heteroatoms. The molecule has 3 rings (SSSR count). The molecule has 3 nitrogen and oxygen atoms in total. The number of aromatic nitrogens is 1. The number of hydrogen-bond donors (Lipinski definition) is 1. The Morgan fingerprint density at radius 3 is 2.70 bits per heavy atom. The van der Waals surface area contributed by atoms with Crippen molar-refractivity contribution in [2.45, 2.75) is 26.1 Å². The average molecular weight is 324 g/mol. The van der Waals surface area contributed by atoms with Crippen molar-refractivity contribution in [3.05, 3.63) is 82.3 Å². The first-order valence-electron chi connectivity index (χ1n) is 7.68. The van der Waals surface area contributed by atoms with E-state index in [0.29, 0.717) is 12.6 Å². The zero-order chi connectivity index (χ0) is 15.9. The van der Waals surface area contributed by atoms with Gasteiger partial charge in [0.1, 0.15) is 12.4 Å². The van der Waals surface area contributed by atoms with Crippen LogP contribution in [0.25, 0.3) is 0 Å². The smallest absolute Gasteiger partial charge is 0.130 e. The standard InChI is InChI=1S/C19H20N2OS/c1-15(17-9-11-23-14-17)21-12-16-5-7-19(8-6-16)22-13-18-4-2-3-10-20-18/h2-11,14-15,21H,12-13H2,1H3/t15-/m1/s1. The van der Waals surface area contributed by atoms with Crippen molar-refractivity contribution in [2.24, 2.45) is 0 Å². The zero-order valence-corrected chi connectivity index (χ0v) is 13.9. The van der Waals surface area contributed by atoms with Crippen LogP contribution in [0.5, 0.6) is 5.75 Å². The first-order valence-corrected chi connectivity index (χ1v) is 8.62. The summed E-state index contributed by atoms with van der Waals surface area (Å²) in [5.41, 5.74) is 3.52. The van der Waals surface area contributed by atoms with Gasteiger partial charge < -0.3 is 10.1 Å². The summed E-state index contributed by atoms with van der Waals surface area (Å²) < 4.78 is 5.75.